The van der Waals surface area contributed by atoms with Crippen LogP contribution in [0.1, 0.15) is 21.5 Å². The first-order chi connectivity index (χ1) is 9.99. The number of benzene rings is 2. The van der Waals surface area contributed by atoms with Crippen LogP contribution < -0.4 is 5.43 Å². The summed E-state index contributed by atoms with van der Waals surface area (Å²) in [6, 6.07) is 8.86. The molecule has 0 radical (unpaired) electrons. The predicted molar refractivity (Wildman–Crippen MR) is 77.7 cm³/mol. The van der Waals surface area contributed by atoms with Crippen molar-refractivity contribution in [1.82, 2.24) is 5.43 Å². The number of phenolic OH excluding ortho intramolecular Hbond substituents is 3. The molecule has 0 unspecified atom stereocenters. The Kier molecular flexibility index (Phi) is 4.08. The van der Waals surface area contributed by atoms with Gasteiger partial charge in [-0.05, 0) is 36.8 Å². The minimum atomic E-state index is -0.548. The van der Waals surface area contributed by atoms with Crippen LogP contribution in [-0.4, -0.2) is 27.4 Å². The Morgan fingerprint density at radius 2 is 1.90 bits per heavy atom. The van der Waals surface area contributed by atoms with Crippen LogP contribution in [0.2, 0.25) is 0 Å². The quantitative estimate of drug-likeness (QED) is 0.393. The van der Waals surface area contributed by atoms with Crippen LogP contribution in [-0.2, 0) is 0 Å². The Balaban J connectivity index is 2.08. The zero-order valence-corrected chi connectivity index (χ0v) is 11.2. The van der Waals surface area contributed by atoms with Crippen LogP contribution in [0.25, 0.3) is 0 Å². The molecule has 0 aliphatic carbocycles. The molecule has 6 heteroatoms. The number of nitrogens with one attached hydrogen (secondary N) is 1. The summed E-state index contributed by atoms with van der Waals surface area (Å²) in [4.78, 5) is 11.8. The highest BCUT2D eigenvalue weighted by Crippen LogP contribution is 2.24. The second-order valence-electron chi connectivity index (χ2n) is 4.42. The third kappa shape index (κ3) is 3.30. The number of nitrogens with zero attached hydrogens (tertiary/aromatic N) is 1. The van der Waals surface area contributed by atoms with Crippen LogP contribution in [0.5, 0.6) is 17.2 Å². The molecule has 0 fully saturated rings. The number of hydrazone groups is 1. The van der Waals surface area contributed by atoms with Crippen molar-refractivity contribution in [2.45, 2.75) is 6.92 Å². The van der Waals surface area contributed by atoms with Crippen molar-refractivity contribution >= 4 is 12.1 Å². The van der Waals surface area contributed by atoms with E-state index in [1.165, 1.54) is 18.3 Å². The highest BCUT2D eigenvalue weighted by atomic mass is 16.3. The zero-order chi connectivity index (χ0) is 15.4. The van der Waals surface area contributed by atoms with E-state index in [0.717, 1.165) is 6.07 Å². The Bertz CT molecular complexity index is 711. The fraction of sp³-hybridized carbons (Fsp3) is 0.0667. The minimum absolute atomic E-state index is 0.0952. The van der Waals surface area contributed by atoms with Crippen molar-refractivity contribution < 1.29 is 20.1 Å². The maximum Gasteiger partial charge on any atom is 0.271 e. The number of rotatable bonds is 3. The predicted octanol–water partition coefficient (Wildman–Crippen LogP) is 1.88. The van der Waals surface area contributed by atoms with Gasteiger partial charge in [0, 0.05) is 11.1 Å². The molecule has 21 heavy (non-hydrogen) atoms. The number of hydrogen-bond donors (Lipinski definition) is 4. The van der Waals surface area contributed by atoms with Crippen molar-refractivity contribution in [2.75, 3.05) is 0 Å². The molecular formula is C15H14N2O4. The topological polar surface area (TPSA) is 102 Å². The lowest BCUT2D eigenvalue weighted by atomic mass is 10.1. The van der Waals surface area contributed by atoms with Gasteiger partial charge in [0.05, 0.1) is 6.21 Å². The fourth-order valence-corrected chi connectivity index (χ4v) is 1.68. The van der Waals surface area contributed by atoms with Crippen molar-refractivity contribution in [3.63, 3.8) is 0 Å². The van der Waals surface area contributed by atoms with Gasteiger partial charge in [-0.15, -0.1) is 0 Å². The van der Waals surface area contributed by atoms with Gasteiger partial charge in [-0.3, -0.25) is 4.79 Å². The van der Waals surface area contributed by atoms with Crippen LogP contribution in [0.4, 0.5) is 0 Å². The van der Waals surface area contributed by atoms with Gasteiger partial charge in [-0.25, -0.2) is 5.43 Å². The summed E-state index contributed by atoms with van der Waals surface area (Å²) in [5.74, 6) is -1.14. The first-order valence-corrected chi connectivity index (χ1v) is 6.13. The van der Waals surface area contributed by atoms with E-state index in [2.05, 4.69) is 10.5 Å². The summed E-state index contributed by atoms with van der Waals surface area (Å²) >= 11 is 0. The molecule has 6 nitrogen and oxygen atoms in total. The molecule has 0 heterocycles. The molecule has 1 amide bonds. The standard InChI is InChI=1S/C15H14N2O4/c1-9-3-2-4-11(14(9)20)8-16-17-15(21)10-5-6-12(18)13(19)7-10/h2-8,18-20H,1H3,(H,17,21)/b16-8+. The lowest BCUT2D eigenvalue weighted by molar-refractivity contribution is 0.0954. The third-order valence-corrected chi connectivity index (χ3v) is 2.88. The maximum atomic E-state index is 11.8. The summed E-state index contributed by atoms with van der Waals surface area (Å²) in [5, 5.41) is 32.0. The van der Waals surface area contributed by atoms with E-state index in [4.69, 9.17) is 5.11 Å². The molecule has 0 spiro atoms. The number of aryl methyl sites for hydroxylation is 1. The van der Waals surface area contributed by atoms with Gasteiger partial charge in [-0.2, -0.15) is 5.10 Å². The van der Waals surface area contributed by atoms with Crippen molar-refractivity contribution in [1.29, 1.82) is 0 Å². The summed E-state index contributed by atoms with van der Waals surface area (Å²) in [6.45, 7) is 1.75. The second kappa shape index (κ2) is 5.96. The average Bonchev–Trinajstić information content (AvgIpc) is 2.46. The van der Waals surface area contributed by atoms with E-state index >= 15 is 0 Å². The number of carbonyl (C=O) groups excluding carboxylic acids is 1. The highest BCUT2D eigenvalue weighted by Gasteiger charge is 2.08. The van der Waals surface area contributed by atoms with Crippen molar-refractivity contribution in [3.05, 3.63) is 53.1 Å². The number of aromatic hydroxyl groups is 3. The molecule has 0 bridgehead atoms. The summed E-state index contributed by atoms with van der Waals surface area (Å²) in [6.07, 6.45) is 1.32. The Labute approximate surface area is 121 Å². The van der Waals surface area contributed by atoms with E-state index in [1.807, 2.05) is 0 Å². The third-order valence-electron chi connectivity index (χ3n) is 2.88. The van der Waals surface area contributed by atoms with Gasteiger partial charge in [0.1, 0.15) is 5.75 Å². The number of carbonyl (C=O) groups is 1. The summed E-state index contributed by atoms with van der Waals surface area (Å²) < 4.78 is 0. The number of para-hydroxylation sites is 1. The fourth-order valence-electron chi connectivity index (χ4n) is 1.68. The Morgan fingerprint density at radius 1 is 1.14 bits per heavy atom. The van der Waals surface area contributed by atoms with Crippen LogP contribution in [0.15, 0.2) is 41.5 Å². The molecule has 0 atom stereocenters. The average molecular weight is 286 g/mol. The molecule has 0 saturated carbocycles. The largest absolute Gasteiger partial charge is 0.507 e. The second-order valence-corrected chi connectivity index (χ2v) is 4.42. The molecule has 108 valence electrons. The van der Waals surface area contributed by atoms with Gasteiger partial charge in [0.15, 0.2) is 11.5 Å². The molecule has 2 aromatic carbocycles. The van der Waals surface area contributed by atoms with E-state index in [0.29, 0.717) is 11.1 Å². The van der Waals surface area contributed by atoms with Gasteiger partial charge < -0.3 is 15.3 Å². The number of amides is 1. The lowest BCUT2D eigenvalue weighted by Crippen LogP contribution is -2.17. The zero-order valence-electron chi connectivity index (χ0n) is 11.2. The van der Waals surface area contributed by atoms with E-state index in [1.54, 1.807) is 25.1 Å². The summed E-state index contributed by atoms with van der Waals surface area (Å²) in [5.41, 5.74) is 3.59. The molecule has 4 N–H and O–H groups in total. The Hall–Kier alpha value is -3.02. The number of phenols is 3. The van der Waals surface area contributed by atoms with Crippen LogP contribution >= 0.6 is 0 Å². The van der Waals surface area contributed by atoms with E-state index < -0.39 is 5.91 Å². The highest BCUT2D eigenvalue weighted by molar-refractivity contribution is 5.95. The molecule has 2 rings (SSSR count). The number of hydrogen-bond acceptors (Lipinski definition) is 5. The van der Waals surface area contributed by atoms with Gasteiger partial charge in [0.2, 0.25) is 0 Å². The minimum Gasteiger partial charge on any atom is -0.507 e. The van der Waals surface area contributed by atoms with Gasteiger partial charge >= 0.3 is 0 Å². The van der Waals surface area contributed by atoms with Crippen molar-refractivity contribution in [3.8, 4) is 17.2 Å². The SMILES string of the molecule is Cc1cccc(/C=N/NC(=O)c2ccc(O)c(O)c2)c1O. The molecule has 0 aliphatic heterocycles. The van der Waals surface area contributed by atoms with Crippen LogP contribution in [0, 0.1) is 6.92 Å². The van der Waals surface area contributed by atoms with E-state index in [-0.39, 0.29) is 22.8 Å². The maximum absolute atomic E-state index is 11.8. The Morgan fingerprint density at radius 3 is 2.62 bits per heavy atom. The molecule has 0 aromatic heterocycles. The van der Waals surface area contributed by atoms with Crippen LogP contribution in [0.3, 0.4) is 0 Å². The van der Waals surface area contributed by atoms with Gasteiger partial charge in [0.25, 0.3) is 5.91 Å². The molecule has 0 aliphatic rings. The molecular weight excluding hydrogens is 272 g/mol. The molecule has 0 saturated heterocycles. The monoisotopic (exact) mass is 286 g/mol. The first-order valence-electron chi connectivity index (χ1n) is 6.13. The first kappa shape index (κ1) is 14.4. The normalized spacial score (nSPS) is 10.7. The lowest BCUT2D eigenvalue weighted by Gasteiger charge is -2.03. The molecule has 2 aromatic rings. The van der Waals surface area contributed by atoms with Gasteiger partial charge in [-0.1, -0.05) is 12.1 Å². The van der Waals surface area contributed by atoms with Crippen molar-refractivity contribution in [2.24, 2.45) is 5.10 Å². The smallest absolute Gasteiger partial charge is 0.271 e. The summed E-state index contributed by atoms with van der Waals surface area (Å²) in [7, 11) is 0. The van der Waals surface area contributed by atoms with E-state index in [9.17, 15) is 15.0 Å².